The van der Waals surface area contributed by atoms with E-state index in [9.17, 15) is 0 Å². The van der Waals surface area contributed by atoms with Gasteiger partial charge in [0.2, 0.25) is 5.75 Å². The first-order valence-electron chi connectivity index (χ1n) is 8.12. The van der Waals surface area contributed by atoms with E-state index in [-0.39, 0.29) is 0 Å². The highest BCUT2D eigenvalue weighted by Crippen LogP contribution is 2.44. The van der Waals surface area contributed by atoms with E-state index in [2.05, 4.69) is 5.16 Å². The molecule has 0 aliphatic rings. The number of nitrogens with zero attached hydrogens (tertiary/aromatic N) is 2. The number of rotatable bonds is 6. The van der Waals surface area contributed by atoms with Crippen LogP contribution in [-0.4, -0.2) is 40.6 Å². The van der Waals surface area contributed by atoms with Crippen molar-refractivity contribution in [3.8, 4) is 39.7 Å². The fourth-order valence-corrected chi connectivity index (χ4v) is 2.93. The Morgan fingerprint density at radius 2 is 1.54 bits per heavy atom. The van der Waals surface area contributed by atoms with Gasteiger partial charge in [0.05, 0.1) is 27.5 Å². The van der Waals surface area contributed by atoms with E-state index in [0.29, 0.717) is 23.0 Å². The first-order valence-corrected chi connectivity index (χ1v) is 8.12. The van der Waals surface area contributed by atoms with E-state index >= 15 is 0 Å². The molecule has 0 unspecified atom stereocenters. The van der Waals surface area contributed by atoms with Crippen molar-refractivity contribution >= 4 is 5.69 Å². The summed E-state index contributed by atoms with van der Waals surface area (Å²) in [7, 11) is 8.76. The summed E-state index contributed by atoms with van der Waals surface area (Å²) < 4.78 is 21.9. The first-order chi connectivity index (χ1) is 12.6. The van der Waals surface area contributed by atoms with Crippen LogP contribution in [0.2, 0.25) is 0 Å². The van der Waals surface area contributed by atoms with Gasteiger partial charge in [0.15, 0.2) is 17.3 Å². The lowest BCUT2D eigenvalue weighted by Crippen LogP contribution is -2.09. The zero-order chi connectivity index (χ0) is 18.7. The third-order valence-electron chi connectivity index (χ3n) is 4.18. The largest absolute Gasteiger partial charge is 0.493 e. The Bertz CT molecular complexity index is 877. The molecule has 0 aliphatic carbocycles. The third-order valence-corrected chi connectivity index (χ3v) is 4.18. The van der Waals surface area contributed by atoms with Crippen LogP contribution in [0.25, 0.3) is 22.5 Å². The minimum Gasteiger partial charge on any atom is -0.493 e. The van der Waals surface area contributed by atoms with E-state index in [0.717, 1.165) is 22.4 Å². The van der Waals surface area contributed by atoms with Gasteiger partial charge >= 0.3 is 0 Å². The molecule has 1 heterocycles. The van der Waals surface area contributed by atoms with Crippen LogP contribution in [0.15, 0.2) is 47.1 Å². The topological polar surface area (TPSA) is 57.0 Å². The van der Waals surface area contributed by atoms with Crippen molar-refractivity contribution < 1.29 is 18.7 Å². The Morgan fingerprint density at radius 1 is 0.885 bits per heavy atom. The fourth-order valence-electron chi connectivity index (χ4n) is 2.93. The summed E-state index contributed by atoms with van der Waals surface area (Å²) >= 11 is 0. The molecule has 6 nitrogen and oxygen atoms in total. The molecule has 0 saturated heterocycles. The molecule has 136 valence electrons. The van der Waals surface area contributed by atoms with Crippen molar-refractivity contribution in [2.24, 2.45) is 0 Å². The van der Waals surface area contributed by atoms with Gasteiger partial charge in [-0.2, -0.15) is 0 Å². The van der Waals surface area contributed by atoms with E-state index in [4.69, 9.17) is 18.7 Å². The lowest BCUT2D eigenvalue weighted by Gasteiger charge is -2.17. The van der Waals surface area contributed by atoms with Crippen molar-refractivity contribution in [1.29, 1.82) is 0 Å². The van der Waals surface area contributed by atoms with Crippen molar-refractivity contribution in [2.75, 3.05) is 40.3 Å². The Kier molecular flexibility index (Phi) is 5.02. The van der Waals surface area contributed by atoms with Crippen LogP contribution in [-0.2, 0) is 0 Å². The lowest BCUT2D eigenvalue weighted by atomic mass is 10.00. The maximum Gasteiger partial charge on any atom is 0.203 e. The normalized spacial score (nSPS) is 10.5. The second kappa shape index (κ2) is 7.39. The molecule has 0 bridgehead atoms. The van der Waals surface area contributed by atoms with Crippen LogP contribution >= 0.6 is 0 Å². The van der Waals surface area contributed by atoms with E-state index in [1.807, 2.05) is 55.4 Å². The standard InChI is InChI=1S/C20H22N2O4/c1-22(2)16-9-7-6-8-14(16)19-15(12-21-26-19)13-10-17(23-3)20(25-5)18(11-13)24-4/h6-12H,1-5H3. The minimum absolute atomic E-state index is 0.547. The smallest absolute Gasteiger partial charge is 0.203 e. The van der Waals surface area contributed by atoms with E-state index in [1.54, 1.807) is 27.5 Å². The molecule has 0 saturated carbocycles. The van der Waals surface area contributed by atoms with Crippen LogP contribution < -0.4 is 19.1 Å². The molecule has 1 aromatic heterocycles. The fraction of sp³-hybridized carbons (Fsp3) is 0.250. The van der Waals surface area contributed by atoms with Gasteiger partial charge in [-0.1, -0.05) is 17.3 Å². The summed E-state index contributed by atoms with van der Waals surface area (Å²) in [5.74, 6) is 2.39. The molecule has 6 heteroatoms. The van der Waals surface area contributed by atoms with Crippen LogP contribution in [0, 0.1) is 0 Å². The first kappa shape index (κ1) is 17.7. The quantitative estimate of drug-likeness (QED) is 0.664. The molecule has 3 aromatic rings. The number of hydrogen-bond acceptors (Lipinski definition) is 6. The molecule has 0 atom stereocenters. The van der Waals surface area contributed by atoms with Crippen LogP contribution in [0.3, 0.4) is 0 Å². The second-order valence-corrected chi connectivity index (χ2v) is 5.89. The number of methoxy groups -OCH3 is 3. The molecule has 0 N–H and O–H groups in total. The molecule has 0 aliphatic heterocycles. The maximum absolute atomic E-state index is 5.61. The summed E-state index contributed by atoms with van der Waals surface area (Å²) in [6.07, 6.45) is 1.70. The molecule has 3 rings (SSSR count). The average molecular weight is 354 g/mol. The SMILES string of the molecule is COc1cc(-c2cnoc2-c2ccccc2N(C)C)cc(OC)c1OC. The van der Waals surface area contributed by atoms with Gasteiger partial charge < -0.3 is 23.6 Å². The molecular weight excluding hydrogens is 332 g/mol. The summed E-state index contributed by atoms with van der Waals surface area (Å²) in [6, 6.07) is 11.8. The number of ether oxygens (including phenoxy) is 3. The molecule has 0 radical (unpaired) electrons. The van der Waals surface area contributed by atoms with Gasteiger partial charge in [-0.25, -0.2) is 0 Å². The van der Waals surface area contributed by atoms with Crippen molar-refractivity contribution in [1.82, 2.24) is 5.16 Å². The number of anilines is 1. The zero-order valence-electron chi connectivity index (χ0n) is 15.6. The van der Waals surface area contributed by atoms with Crippen LogP contribution in [0.4, 0.5) is 5.69 Å². The molecule has 0 amide bonds. The second-order valence-electron chi connectivity index (χ2n) is 5.89. The monoisotopic (exact) mass is 354 g/mol. The highest BCUT2D eigenvalue weighted by atomic mass is 16.5. The van der Waals surface area contributed by atoms with E-state index in [1.165, 1.54) is 0 Å². The Labute approximate surface area is 152 Å². The predicted molar refractivity (Wildman–Crippen MR) is 101 cm³/mol. The lowest BCUT2D eigenvalue weighted by molar-refractivity contribution is 0.324. The summed E-state index contributed by atoms with van der Waals surface area (Å²) in [6.45, 7) is 0. The maximum atomic E-state index is 5.61. The molecule has 0 fully saturated rings. The van der Waals surface area contributed by atoms with Crippen molar-refractivity contribution in [3.63, 3.8) is 0 Å². The van der Waals surface area contributed by atoms with Gasteiger partial charge in [0.1, 0.15) is 0 Å². The molecule has 2 aromatic carbocycles. The average Bonchev–Trinajstić information content (AvgIpc) is 3.16. The summed E-state index contributed by atoms with van der Waals surface area (Å²) in [5.41, 5.74) is 3.71. The predicted octanol–water partition coefficient (Wildman–Crippen LogP) is 4.10. The Morgan fingerprint density at radius 3 is 2.12 bits per heavy atom. The molecule has 26 heavy (non-hydrogen) atoms. The molecule has 0 spiro atoms. The summed E-state index contributed by atoms with van der Waals surface area (Å²) in [5, 5.41) is 4.02. The minimum atomic E-state index is 0.547. The van der Waals surface area contributed by atoms with Crippen LogP contribution in [0.1, 0.15) is 0 Å². The van der Waals surface area contributed by atoms with E-state index < -0.39 is 0 Å². The third kappa shape index (κ3) is 3.06. The summed E-state index contributed by atoms with van der Waals surface area (Å²) in [4.78, 5) is 2.04. The number of para-hydroxylation sites is 1. The highest BCUT2D eigenvalue weighted by molar-refractivity contribution is 5.87. The van der Waals surface area contributed by atoms with Gasteiger partial charge in [0.25, 0.3) is 0 Å². The van der Waals surface area contributed by atoms with Gasteiger partial charge in [-0.05, 0) is 29.8 Å². The van der Waals surface area contributed by atoms with Gasteiger partial charge in [-0.15, -0.1) is 0 Å². The molecular formula is C20H22N2O4. The zero-order valence-corrected chi connectivity index (χ0v) is 15.6. The Balaban J connectivity index is 2.19. The Hall–Kier alpha value is -3.15. The number of hydrogen-bond donors (Lipinski definition) is 0. The highest BCUT2D eigenvalue weighted by Gasteiger charge is 2.20. The van der Waals surface area contributed by atoms with Crippen molar-refractivity contribution in [3.05, 3.63) is 42.6 Å². The number of benzene rings is 2. The number of aromatic nitrogens is 1. The van der Waals surface area contributed by atoms with Gasteiger partial charge in [0, 0.05) is 30.9 Å². The van der Waals surface area contributed by atoms with Crippen molar-refractivity contribution in [2.45, 2.75) is 0 Å². The van der Waals surface area contributed by atoms with Crippen LogP contribution in [0.5, 0.6) is 17.2 Å². The van der Waals surface area contributed by atoms with Gasteiger partial charge in [-0.3, -0.25) is 0 Å².